The molecule has 2 aliphatic rings. The van der Waals surface area contributed by atoms with Gasteiger partial charge in [0.15, 0.2) is 5.72 Å². The third-order valence-electron chi connectivity index (χ3n) is 3.97. The fourth-order valence-corrected chi connectivity index (χ4v) is 2.74. The molecule has 110 valence electrons. The molecule has 20 heavy (non-hydrogen) atoms. The Morgan fingerprint density at radius 3 is 2.60 bits per heavy atom. The lowest BCUT2D eigenvalue weighted by molar-refractivity contribution is -0.00355. The summed E-state index contributed by atoms with van der Waals surface area (Å²) in [7, 11) is 0. The van der Waals surface area contributed by atoms with Crippen molar-refractivity contribution in [2.45, 2.75) is 38.3 Å². The quantitative estimate of drug-likeness (QED) is 0.837. The monoisotopic (exact) mass is 296 g/mol. The summed E-state index contributed by atoms with van der Waals surface area (Å²) < 4.78 is 6.09. The number of hydrogen-bond donors (Lipinski definition) is 2. The van der Waals surface area contributed by atoms with Gasteiger partial charge in [-0.3, -0.25) is 4.79 Å². The highest BCUT2D eigenvalue weighted by Gasteiger charge is 2.40. The first-order chi connectivity index (χ1) is 9.10. The highest BCUT2D eigenvalue weighted by molar-refractivity contribution is 5.98. The van der Waals surface area contributed by atoms with Gasteiger partial charge in [-0.05, 0) is 23.6 Å². The lowest BCUT2D eigenvalue weighted by Gasteiger charge is -2.41. The minimum absolute atomic E-state index is 0. The normalized spacial score (nSPS) is 19.9. The number of rotatable bonds is 1. The molecule has 1 amide bonds. The molecule has 0 atom stereocenters. The van der Waals surface area contributed by atoms with E-state index in [0.29, 0.717) is 11.5 Å². The van der Waals surface area contributed by atoms with Crippen LogP contribution in [0.1, 0.15) is 48.5 Å². The number of fused-ring (bicyclic) bond motifs is 1. The average molecular weight is 297 g/mol. The molecule has 0 bridgehead atoms. The number of benzene rings is 1. The van der Waals surface area contributed by atoms with Crippen molar-refractivity contribution >= 4 is 18.3 Å². The number of halogens is 1. The van der Waals surface area contributed by atoms with E-state index in [2.05, 4.69) is 30.5 Å². The summed E-state index contributed by atoms with van der Waals surface area (Å²) in [4.78, 5) is 12.3. The van der Waals surface area contributed by atoms with Crippen LogP contribution in [-0.4, -0.2) is 24.7 Å². The van der Waals surface area contributed by atoms with Crippen molar-refractivity contribution in [3.05, 3.63) is 29.3 Å². The van der Waals surface area contributed by atoms with Crippen LogP contribution in [0.4, 0.5) is 0 Å². The molecule has 2 heterocycles. The molecule has 1 aromatic rings. The number of amides is 1. The first kappa shape index (κ1) is 15.1. The fraction of sp³-hybridized carbons (Fsp3) is 0.533. The maximum absolute atomic E-state index is 12.3. The Labute approximate surface area is 125 Å². The smallest absolute Gasteiger partial charge is 0.258 e. The zero-order valence-electron chi connectivity index (χ0n) is 11.9. The Kier molecular flexibility index (Phi) is 4.25. The van der Waals surface area contributed by atoms with Crippen LogP contribution in [0, 0.1) is 0 Å². The van der Waals surface area contributed by atoms with E-state index in [4.69, 9.17) is 4.74 Å². The third-order valence-corrected chi connectivity index (χ3v) is 3.97. The first-order valence-electron chi connectivity index (χ1n) is 6.96. The van der Waals surface area contributed by atoms with Gasteiger partial charge in [0.25, 0.3) is 5.91 Å². The van der Waals surface area contributed by atoms with E-state index in [-0.39, 0.29) is 18.3 Å². The van der Waals surface area contributed by atoms with Gasteiger partial charge in [0.2, 0.25) is 0 Å². The number of piperidine rings is 1. The Bertz CT molecular complexity index is 511. The van der Waals surface area contributed by atoms with Crippen LogP contribution >= 0.6 is 12.4 Å². The molecule has 0 aromatic heterocycles. The fourth-order valence-electron chi connectivity index (χ4n) is 2.74. The van der Waals surface area contributed by atoms with Crippen molar-refractivity contribution in [1.29, 1.82) is 0 Å². The summed E-state index contributed by atoms with van der Waals surface area (Å²) in [6.07, 6.45) is 1.62. The van der Waals surface area contributed by atoms with E-state index in [1.54, 1.807) is 0 Å². The van der Waals surface area contributed by atoms with Gasteiger partial charge < -0.3 is 15.4 Å². The van der Waals surface area contributed by atoms with Crippen molar-refractivity contribution in [3.8, 4) is 5.75 Å². The molecule has 0 saturated carbocycles. The standard InChI is InChI=1S/C15H20N2O2.ClH/c1-10(2)11-3-4-13-12(9-11)14(18)17-15(19-13)5-7-16-8-6-15;/h3-4,9-10,16H,5-8H2,1-2H3,(H,17,18);1H. The van der Waals surface area contributed by atoms with Crippen LogP contribution in [-0.2, 0) is 0 Å². The largest absolute Gasteiger partial charge is 0.467 e. The molecule has 1 fully saturated rings. The molecular weight excluding hydrogens is 276 g/mol. The Morgan fingerprint density at radius 1 is 1.25 bits per heavy atom. The molecule has 5 heteroatoms. The van der Waals surface area contributed by atoms with Crippen molar-refractivity contribution in [1.82, 2.24) is 10.6 Å². The molecule has 3 rings (SSSR count). The summed E-state index contributed by atoms with van der Waals surface area (Å²) >= 11 is 0. The lowest BCUT2D eigenvalue weighted by atomic mass is 9.95. The second kappa shape index (κ2) is 5.62. The lowest BCUT2D eigenvalue weighted by Crippen LogP contribution is -2.60. The zero-order chi connectivity index (χ0) is 13.5. The van der Waals surface area contributed by atoms with E-state index < -0.39 is 5.72 Å². The van der Waals surface area contributed by atoms with E-state index in [1.807, 2.05) is 12.1 Å². The topological polar surface area (TPSA) is 50.4 Å². The molecule has 1 spiro atoms. The van der Waals surface area contributed by atoms with E-state index in [1.165, 1.54) is 5.56 Å². The van der Waals surface area contributed by atoms with Gasteiger partial charge in [-0.1, -0.05) is 19.9 Å². The number of carbonyl (C=O) groups excluding carboxylic acids is 1. The van der Waals surface area contributed by atoms with E-state index >= 15 is 0 Å². The SMILES string of the molecule is CC(C)c1ccc2c(c1)C(=O)NC1(CCNCC1)O2.Cl. The van der Waals surface area contributed by atoms with Crippen LogP contribution in [0.2, 0.25) is 0 Å². The zero-order valence-corrected chi connectivity index (χ0v) is 12.7. The summed E-state index contributed by atoms with van der Waals surface area (Å²) in [5, 5.41) is 6.34. The molecule has 0 aliphatic carbocycles. The molecule has 0 unspecified atom stereocenters. The van der Waals surface area contributed by atoms with Crippen molar-refractivity contribution < 1.29 is 9.53 Å². The Hall–Kier alpha value is -1.26. The van der Waals surface area contributed by atoms with E-state index in [9.17, 15) is 4.79 Å². The van der Waals surface area contributed by atoms with Gasteiger partial charge in [0.1, 0.15) is 5.75 Å². The van der Waals surface area contributed by atoms with Crippen LogP contribution < -0.4 is 15.4 Å². The summed E-state index contributed by atoms with van der Waals surface area (Å²) in [5.74, 6) is 1.12. The maximum atomic E-state index is 12.3. The first-order valence-corrected chi connectivity index (χ1v) is 6.96. The number of carbonyl (C=O) groups is 1. The molecule has 2 N–H and O–H groups in total. The van der Waals surface area contributed by atoms with Gasteiger partial charge in [0, 0.05) is 25.9 Å². The summed E-state index contributed by atoms with van der Waals surface area (Å²) in [6.45, 7) is 5.99. The van der Waals surface area contributed by atoms with E-state index in [0.717, 1.165) is 31.7 Å². The van der Waals surface area contributed by atoms with Crippen molar-refractivity contribution in [2.24, 2.45) is 0 Å². The van der Waals surface area contributed by atoms with Crippen LogP contribution in [0.3, 0.4) is 0 Å². The van der Waals surface area contributed by atoms with Crippen LogP contribution in [0.5, 0.6) is 5.75 Å². The minimum Gasteiger partial charge on any atom is -0.467 e. The molecule has 1 aromatic carbocycles. The Balaban J connectivity index is 0.00000147. The molecular formula is C15H21ClN2O2. The van der Waals surface area contributed by atoms with Crippen molar-refractivity contribution in [2.75, 3.05) is 13.1 Å². The highest BCUT2D eigenvalue weighted by atomic mass is 35.5. The third kappa shape index (κ3) is 2.63. The predicted octanol–water partition coefficient (Wildman–Crippen LogP) is 2.43. The highest BCUT2D eigenvalue weighted by Crippen LogP contribution is 2.33. The molecule has 1 saturated heterocycles. The minimum atomic E-state index is -0.505. The summed E-state index contributed by atoms with van der Waals surface area (Å²) in [6, 6.07) is 5.94. The predicted molar refractivity (Wildman–Crippen MR) is 80.7 cm³/mol. The number of hydrogen-bond acceptors (Lipinski definition) is 3. The van der Waals surface area contributed by atoms with Crippen LogP contribution in [0.25, 0.3) is 0 Å². The van der Waals surface area contributed by atoms with Gasteiger partial charge in [0.05, 0.1) is 5.56 Å². The van der Waals surface area contributed by atoms with Gasteiger partial charge >= 0.3 is 0 Å². The van der Waals surface area contributed by atoms with Gasteiger partial charge in [-0.2, -0.15) is 0 Å². The number of ether oxygens (including phenoxy) is 1. The molecule has 0 radical (unpaired) electrons. The second-order valence-electron chi connectivity index (χ2n) is 5.71. The van der Waals surface area contributed by atoms with Gasteiger partial charge in [-0.25, -0.2) is 0 Å². The van der Waals surface area contributed by atoms with Crippen LogP contribution in [0.15, 0.2) is 18.2 Å². The Morgan fingerprint density at radius 2 is 1.95 bits per heavy atom. The number of nitrogens with one attached hydrogen (secondary N) is 2. The molecule has 4 nitrogen and oxygen atoms in total. The van der Waals surface area contributed by atoms with Crippen molar-refractivity contribution in [3.63, 3.8) is 0 Å². The maximum Gasteiger partial charge on any atom is 0.258 e. The second-order valence-corrected chi connectivity index (χ2v) is 5.71. The van der Waals surface area contributed by atoms with Gasteiger partial charge in [-0.15, -0.1) is 12.4 Å². The molecule has 2 aliphatic heterocycles. The average Bonchev–Trinajstić information content (AvgIpc) is 2.39. The summed E-state index contributed by atoms with van der Waals surface area (Å²) in [5.41, 5.74) is 1.32.